The monoisotopic (exact) mass is 395 g/mol. The van der Waals surface area contributed by atoms with E-state index in [1.165, 1.54) is 38.2 Å². The predicted molar refractivity (Wildman–Crippen MR) is 114 cm³/mol. The van der Waals surface area contributed by atoms with Crippen LogP contribution in [0.4, 0.5) is 10.5 Å². The second-order valence-corrected chi connectivity index (χ2v) is 8.24. The molecule has 2 amide bonds. The summed E-state index contributed by atoms with van der Waals surface area (Å²) in [5, 5.41) is 9.61. The van der Waals surface area contributed by atoms with Gasteiger partial charge in [0, 0.05) is 43.0 Å². The topological polar surface area (TPSA) is 81.3 Å². The minimum atomic E-state index is -0.234. The fourth-order valence-electron chi connectivity index (χ4n) is 4.58. The molecule has 2 aromatic rings. The Morgan fingerprint density at radius 1 is 1.14 bits per heavy atom. The normalized spacial score (nSPS) is 21.1. The quantitative estimate of drug-likeness (QED) is 0.836. The molecule has 7 nitrogen and oxygen atoms in total. The number of nitrogens with one attached hydrogen (secondary N) is 2. The average molecular weight is 396 g/mol. The summed E-state index contributed by atoms with van der Waals surface area (Å²) in [6.45, 7) is 2.60. The number of anilines is 1. The Labute approximate surface area is 171 Å². The Bertz CT molecular complexity index is 886. The number of nitrogens with zero attached hydrogens (tertiary/aromatic N) is 3. The third-order valence-electron chi connectivity index (χ3n) is 6.17. The third-order valence-corrected chi connectivity index (χ3v) is 6.17. The Morgan fingerprint density at radius 2 is 1.97 bits per heavy atom. The van der Waals surface area contributed by atoms with E-state index >= 15 is 0 Å². The van der Waals surface area contributed by atoms with Gasteiger partial charge in [-0.3, -0.25) is 4.79 Å². The lowest BCUT2D eigenvalue weighted by Crippen LogP contribution is -2.58. The van der Waals surface area contributed by atoms with E-state index in [-0.39, 0.29) is 17.6 Å². The van der Waals surface area contributed by atoms with Gasteiger partial charge in [-0.1, -0.05) is 31.4 Å². The van der Waals surface area contributed by atoms with E-state index in [2.05, 4.69) is 27.5 Å². The summed E-state index contributed by atoms with van der Waals surface area (Å²) in [6.07, 6.45) is 6.30. The van der Waals surface area contributed by atoms with Crippen LogP contribution in [0.3, 0.4) is 0 Å². The number of hydrogen-bond donors (Lipinski definition) is 2. The zero-order valence-electron chi connectivity index (χ0n) is 16.9. The second-order valence-electron chi connectivity index (χ2n) is 8.24. The number of amides is 2. The Morgan fingerprint density at radius 3 is 2.72 bits per heavy atom. The van der Waals surface area contributed by atoms with Gasteiger partial charge in [0.2, 0.25) is 0 Å². The van der Waals surface area contributed by atoms with E-state index in [1.807, 2.05) is 29.2 Å². The fourth-order valence-corrected chi connectivity index (χ4v) is 4.58. The van der Waals surface area contributed by atoms with Gasteiger partial charge < -0.3 is 15.1 Å². The number of likely N-dealkylation sites (N-methyl/N-ethyl adjacent to an activating group) is 1. The van der Waals surface area contributed by atoms with Crippen LogP contribution in [0.25, 0.3) is 11.3 Å². The Hall–Kier alpha value is -2.67. The van der Waals surface area contributed by atoms with Gasteiger partial charge in [0.25, 0.3) is 5.56 Å². The van der Waals surface area contributed by atoms with Crippen molar-refractivity contribution < 1.29 is 4.79 Å². The van der Waals surface area contributed by atoms with Gasteiger partial charge >= 0.3 is 6.03 Å². The van der Waals surface area contributed by atoms with Gasteiger partial charge in [-0.15, -0.1) is 0 Å². The number of urea groups is 1. The SMILES string of the molecule is CN1CCN(C(=O)Nc2cccc(-c3ccc(=O)[nH]n3)c2)C(C2CCCCC2)C1. The standard InChI is InChI=1S/C22H29N5O2/c1-26-12-13-27(20(15-26)16-6-3-2-4-7-16)22(29)23-18-9-5-8-17(14-18)19-10-11-21(28)25-24-19/h5,8-11,14,16,20H,2-4,6-7,12-13,15H2,1H3,(H,23,29)(H,25,28). The van der Waals surface area contributed by atoms with E-state index in [0.29, 0.717) is 11.6 Å². The molecule has 1 aliphatic heterocycles. The first-order valence-electron chi connectivity index (χ1n) is 10.5. The van der Waals surface area contributed by atoms with Gasteiger partial charge in [0.05, 0.1) is 5.69 Å². The minimum absolute atomic E-state index is 0.0275. The molecule has 1 aromatic heterocycles. The fraction of sp³-hybridized carbons (Fsp3) is 0.500. The van der Waals surface area contributed by atoms with Gasteiger partial charge in [-0.2, -0.15) is 5.10 Å². The number of carbonyl (C=O) groups excluding carboxylic acids is 1. The maximum Gasteiger partial charge on any atom is 0.322 e. The summed E-state index contributed by atoms with van der Waals surface area (Å²) in [5.74, 6) is 0.592. The van der Waals surface area contributed by atoms with Crippen molar-refractivity contribution in [3.63, 3.8) is 0 Å². The molecule has 0 spiro atoms. The summed E-state index contributed by atoms with van der Waals surface area (Å²) in [7, 11) is 2.14. The number of aromatic nitrogens is 2. The molecule has 1 saturated heterocycles. The van der Waals surface area contributed by atoms with Crippen LogP contribution in [0.5, 0.6) is 0 Å². The largest absolute Gasteiger partial charge is 0.322 e. The number of rotatable bonds is 3. The third kappa shape index (κ3) is 4.67. The first-order chi connectivity index (χ1) is 14.1. The van der Waals surface area contributed by atoms with Crippen molar-refractivity contribution in [3.05, 3.63) is 46.8 Å². The smallest absolute Gasteiger partial charge is 0.319 e. The average Bonchev–Trinajstić information content (AvgIpc) is 2.75. The number of H-pyrrole nitrogens is 1. The Kier molecular flexibility index (Phi) is 5.94. The van der Waals surface area contributed by atoms with E-state index in [0.717, 1.165) is 30.9 Å². The molecule has 2 fully saturated rings. The highest BCUT2D eigenvalue weighted by Crippen LogP contribution is 2.31. The molecular weight excluding hydrogens is 366 g/mol. The lowest BCUT2D eigenvalue weighted by Gasteiger charge is -2.44. The van der Waals surface area contributed by atoms with Crippen molar-refractivity contribution >= 4 is 11.7 Å². The van der Waals surface area contributed by atoms with Crippen LogP contribution in [0.1, 0.15) is 32.1 Å². The summed E-state index contributed by atoms with van der Waals surface area (Å²) in [5.41, 5.74) is 2.02. The number of carbonyl (C=O) groups is 1. The molecule has 2 N–H and O–H groups in total. The molecule has 7 heteroatoms. The summed E-state index contributed by atoms with van der Waals surface area (Å²) >= 11 is 0. The van der Waals surface area contributed by atoms with Crippen LogP contribution >= 0.6 is 0 Å². The zero-order valence-corrected chi connectivity index (χ0v) is 16.9. The number of aromatic amines is 1. The first-order valence-corrected chi connectivity index (χ1v) is 10.5. The van der Waals surface area contributed by atoms with Crippen molar-refractivity contribution in [3.8, 4) is 11.3 Å². The molecule has 0 radical (unpaired) electrons. The lowest BCUT2D eigenvalue weighted by molar-refractivity contribution is 0.0701. The van der Waals surface area contributed by atoms with Crippen molar-refractivity contribution in [1.29, 1.82) is 0 Å². The Balaban J connectivity index is 1.49. The molecule has 154 valence electrons. The van der Waals surface area contributed by atoms with Crippen LogP contribution in [-0.4, -0.2) is 58.8 Å². The summed E-state index contributed by atoms with van der Waals surface area (Å²) in [6, 6.07) is 11.0. The van der Waals surface area contributed by atoms with E-state index in [1.54, 1.807) is 6.07 Å². The van der Waals surface area contributed by atoms with Crippen molar-refractivity contribution in [1.82, 2.24) is 20.0 Å². The van der Waals surface area contributed by atoms with Crippen molar-refractivity contribution in [2.45, 2.75) is 38.1 Å². The number of hydrogen-bond acceptors (Lipinski definition) is 4. The van der Waals surface area contributed by atoms with Gasteiger partial charge in [-0.25, -0.2) is 9.89 Å². The molecule has 1 unspecified atom stereocenters. The molecular formula is C22H29N5O2. The molecule has 0 bridgehead atoms. The van der Waals surface area contributed by atoms with Gasteiger partial charge in [0.15, 0.2) is 0 Å². The highest BCUT2D eigenvalue weighted by Gasteiger charge is 2.35. The predicted octanol–water partition coefficient (Wildman–Crippen LogP) is 3.17. The first kappa shape index (κ1) is 19.6. The second kappa shape index (κ2) is 8.78. The molecule has 2 heterocycles. The summed E-state index contributed by atoms with van der Waals surface area (Å²) in [4.78, 5) is 28.8. The van der Waals surface area contributed by atoms with Crippen molar-refractivity contribution in [2.24, 2.45) is 5.92 Å². The van der Waals surface area contributed by atoms with E-state index in [4.69, 9.17) is 0 Å². The summed E-state index contributed by atoms with van der Waals surface area (Å²) < 4.78 is 0. The maximum atomic E-state index is 13.2. The van der Waals surface area contributed by atoms with Crippen LogP contribution in [0.15, 0.2) is 41.2 Å². The van der Waals surface area contributed by atoms with E-state index in [9.17, 15) is 9.59 Å². The molecule has 4 rings (SSSR count). The molecule has 1 saturated carbocycles. The number of benzene rings is 1. The maximum absolute atomic E-state index is 13.2. The molecule has 2 aliphatic rings. The van der Waals surface area contributed by atoms with Crippen LogP contribution in [0, 0.1) is 5.92 Å². The zero-order chi connectivity index (χ0) is 20.2. The molecule has 29 heavy (non-hydrogen) atoms. The number of piperazine rings is 1. The van der Waals surface area contributed by atoms with Crippen molar-refractivity contribution in [2.75, 3.05) is 32.0 Å². The van der Waals surface area contributed by atoms with Gasteiger partial charge in [0.1, 0.15) is 0 Å². The van der Waals surface area contributed by atoms with E-state index < -0.39 is 0 Å². The lowest BCUT2D eigenvalue weighted by atomic mass is 9.82. The van der Waals surface area contributed by atoms with Crippen LogP contribution in [0.2, 0.25) is 0 Å². The van der Waals surface area contributed by atoms with Crippen LogP contribution < -0.4 is 10.9 Å². The highest BCUT2D eigenvalue weighted by atomic mass is 16.2. The highest BCUT2D eigenvalue weighted by molar-refractivity contribution is 5.90. The molecule has 1 aliphatic carbocycles. The van der Waals surface area contributed by atoms with Crippen LogP contribution in [-0.2, 0) is 0 Å². The minimum Gasteiger partial charge on any atom is -0.319 e. The molecule has 1 atom stereocenters. The van der Waals surface area contributed by atoms with Gasteiger partial charge in [-0.05, 0) is 44.0 Å². The molecule has 1 aromatic carbocycles.